The first-order valence-corrected chi connectivity index (χ1v) is 11.1. The molecule has 0 aliphatic rings. The summed E-state index contributed by atoms with van der Waals surface area (Å²) >= 11 is 0. The van der Waals surface area contributed by atoms with E-state index in [1.165, 1.54) is 48.6 Å². The Bertz CT molecular complexity index is 1840. The normalized spacial score (nSPS) is 10.3. The van der Waals surface area contributed by atoms with Crippen LogP contribution in [0.4, 0.5) is 11.4 Å². The molecule has 0 fully saturated rings. The zero-order chi connectivity index (χ0) is 27.6. The van der Waals surface area contributed by atoms with Crippen molar-refractivity contribution in [1.82, 2.24) is 13.7 Å². The van der Waals surface area contributed by atoms with Crippen molar-refractivity contribution in [3.05, 3.63) is 108 Å². The van der Waals surface area contributed by atoms with Gasteiger partial charge in [-0.05, 0) is 73.9 Å². The topological polar surface area (TPSA) is 149 Å². The molecule has 0 amide bonds. The van der Waals surface area contributed by atoms with Crippen LogP contribution in [0.1, 0.15) is 22.3 Å². The monoisotopic (exact) mass is 506 g/mol. The number of rotatable bonds is 5. The number of nitrogens with zero attached hydrogens (tertiary/aromatic N) is 6. The lowest BCUT2D eigenvalue weighted by Gasteiger charge is -2.15. The molecule has 0 unspecified atom stereocenters. The lowest BCUT2D eigenvalue weighted by molar-refractivity contribution is 0.564. The van der Waals surface area contributed by atoms with E-state index in [0.717, 1.165) is 13.7 Å². The average Bonchev–Trinajstić information content (AvgIpc) is 2.89. The Morgan fingerprint density at radius 2 is 0.974 bits per heavy atom. The van der Waals surface area contributed by atoms with Crippen LogP contribution in [-0.2, 0) is 9.59 Å². The summed E-state index contributed by atoms with van der Waals surface area (Å²) < 4.78 is 2.25. The number of hydrogen-bond acceptors (Lipinski definition) is 8. The van der Waals surface area contributed by atoms with Crippen LogP contribution in [0.15, 0.2) is 79.0 Å². The molecular weight excluding hydrogens is 488 g/mol. The average molecular weight is 506 g/mol. The first-order valence-electron chi connectivity index (χ1n) is 11.1. The quantitative estimate of drug-likeness (QED) is 0.300. The Morgan fingerprint density at radius 1 is 0.605 bits per heavy atom. The van der Waals surface area contributed by atoms with Crippen molar-refractivity contribution < 1.29 is 9.59 Å². The summed E-state index contributed by atoms with van der Waals surface area (Å²) in [6.45, 7) is 5.06. The fraction of sp³-hybridized carbons (Fsp3) is 0.111. The smallest absolute Gasteiger partial charge is 0.246 e. The molecule has 0 radical (unpaired) electrons. The molecule has 0 aliphatic carbocycles. The standard InChI is InChI=1S/C27H18N6O5/c1-16-4-7-20(10-19(16)13-28)31-25(36)32(21-8-5-17(2)23(11-21)29-14-34)27(38)33(26(31)37)22-9-6-18(3)24(12-22)30-15-35/h4-12H,1-3H3. The van der Waals surface area contributed by atoms with Crippen LogP contribution in [0.2, 0.25) is 0 Å². The van der Waals surface area contributed by atoms with Crippen molar-refractivity contribution in [1.29, 1.82) is 5.26 Å². The predicted molar refractivity (Wildman–Crippen MR) is 138 cm³/mol. The first-order chi connectivity index (χ1) is 18.2. The van der Waals surface area contributed by atoms with Gasteiger partial charge in [-0.15, -0.1) is 0 Å². The summed E-state index contributed by atoms with van der Waals surface area (Å²) in [5.41, 5.74) is -0.519. The number of nitriles is 1. The minimum absolute atomic E-state index is 0.0352. The summed E-state index contributed by atoms with van der Waals surface area (Å²) in [5, 5.41) is 9.49. The first kappa shape index (κ1) is 25.4. The molecule has 4 rings (SSSR count). The van der Waals surface area contributed by atoms with E-state index in [0.29, 0.717) is 16.7 Å². The largest absolute Gasteiger partial charge is 0.345 e. The lowest BCUT2D eigenvalue weighted by Crippen LogP contribution is -2.52. The number of benzene rings is 3. The minimum Gasteiger partial charge on any atom is -0.246 e. The van der Waals surface area contributed by atoms with Gasteiger partial charge in [-0.2, -0.15) is 15.2 Å². The second kappa shape index (κ2) is 10.1. The van der Waals surface area contributed by atoms with Gasteiger partial charge < -0.3 is 0 Å². The number of aliphatic imine (C=N–C) groups is 2. The number of isocyanates is 2. The van der Waals surface area contributed by atoms with Gasteiger partial charge in [0.05, 0.1) is 40.1 Å². The zero-order valence-electron chi connectivity index (χ0n) is 20.4. The Morgan fingerprint density at radius 3 is 1.34 bits per heavy atom. The molecule has 11 heteroatoms. The van der Waals surface area contributed by atoms with Crippen LogP contribution in [0.5, 0.6) is 0 Å². The van der Waals surface area contributed by atoms with Crippen molar-refractivity contribution in [2.75, 3.05) is 0 Å². The highest BCUT2D eigenvalue weighted by atomic mass is 16.2. The summed E-state index contributed by atoms with van der Waals surface area (Å²) in [6, 6.07) is 15.2. The van der Waals surface area contributed by atoms with E-state index in [2.05, 4.69) is 9.98 Å². The molecule has 1 aromatic heterocycles. The van der Waals surface area contributed by atoms with Crippen molar-refractivity contribution in [3.8, 4) is 23.1 Å². The maximum Gasteiger partial charge on any atom is 0.345 e. The highest BCUT2D eigenvalue weighted by Gasteiger charge is 2.21. The van der Waals surface area contributed by atoms with Crippen LogP contribution in [0.25, 0.3) is 17.1 Å². The number of hydrogen-bond donors (Lipinski definition) is 0. The van der Waals surface area contributed by atoms with Gasteiger partial charge in [0.2, 0.25) is 12.2 Å². The van der Waals surface area contributed by atoms with Gasteiger partial charge in [-0.25, -0.2) is 37.7 Å². The Kier molecular flexibility index (Phi) is 6.77. The maximum absolute atomic E-state index is 13.7. The van der Waals surface area contributed by atoms with E-state index in [1.807, 2.05) is 6.07 Å². The minimum atomic E-state index is -1.02. The van der Waals surface area contributed by atoms with Gasteiger partial charge in [0, 0.05) is 0 Å². The molecule has 186 valence electrons. The fourth-order valence-corrected chi connectivity index (χ4v) is 3.89. The number of aryl methyl sites for hydroxylation is 3. The molecule has 11 nitrogen and oxygen atoms in total. The van der Waals surface area contributed by atoms with Gasteiger partial charge in [-0.3, -0.25) is 0 Å². The van der Waals surface area contributed by atoms with E-state index >= 15 is 0 Å². The molecule has 0 atom stereocenters. The molecule has 0 aliphatic heterocycles. The number of carbonyl (C=O) groups excluding carboxylic acids is 2. The van der Waals surface area contributed by atoms with Crippen molar-refractivity contribution in [3.63, 3.8) is 0 Å². The second-order valence-electron chi connectivity index (χ2n) is 8.31. The maximum atomic E-state index is 13.7. The zero-order valence-corrected chi connectivity index (χ0v) is 20.4. The molecule has 38 heavy (non-hydrogen) atoms. The van der Waals surface area contributed by atoms with Crippen LogP contribution in [0, 0.1) is 32.1 Å². The Hall–Kier alpha value is -5.68. The summed E-state index contributed by atoms with van der Waals surface area (Å²) in [6.07, 6.45) is 2.87. The molecule has 0 saturated carbocycles. The van der Waals surface area contributed by atoms with E-state index in [4.69, 9.17) is 0 Å². The summed E-state index contributed by atoms with van der Waals surface area (Å²) in [7, 11) is 0. The third-order valence-corrected chi connectivity index (χ3v) is 5.98. The molecule has 0 saturated heterocycles. The van der Waals surface area contributed by atoms with Gasteiger partial charge in [-0.1, -0.05) is 18.2 Å². The van der Waals surface area contributed by atoms with Crippen molar-refractivity contribution in [2.45, 2.75) is 20.8 Å². The SMILES string of the molecule is Cc1ccc(-n2c(=O)n(-c3ccc(C)c(N=C=O)c3)c(=O)n(-c3ccc(C)c(N=C=O)c3)c2=O)cc1C#N. The van der Waals surface area contributed by atoms with Crippen LogP contribution >= 0.6 is 0 Å². The molecule has 0 spiro atoms. The molecule has 1 heterocycles. The summed E-state index contributed by atoms with van der Waals surface area (Å²) in [5.74, 6) is 0. The van der Waals surface area contributed by atoms with Crippen molar-refractivity contribution in [2.24, 2.45) is 9.98 Å². The predicted octanol–water partition coefficient (Wildman–Crippen LogP) is 2.87. The van der Waals surface area contributed by atoms with Gasteiger partial charge in [0.15, 0.2) is 0 Å². The van der Waals surface area contributed by atoms with E-state index in [-0.39, 0.29) is 34.0 Å². The third kappa shape index (κ3) is 4.36. The van der Waals surface area contributed by atoms with E-state index in [1.54, 1.807) is 39.0 Å². The Balaban J connectivity index is 2.19. The van der Waals surface area contributed by atoms with Gasteiger partial charge in [0.1, 0.15) is 0 Å². The highest BCUT2D eigenvalue weighted by molar-refractivity contribution is 5.59. The number of aromatic nitrogens is 3. The molecular formula is C27H18N6O5. The molecule has 0 N–H and O–H groups in total. The van der Waals surface area contributed by atoms with Crippen LogP contribution in [-0.4, -0.2) is 25.9 Å². The highest BCUT2D eigenvalue weighted by Crippen LogP contribution is 2.22. The fourth-order valence-electron chi connectivity index (χ4n) is 3.89. The van der Waals surface area contributed by atoms with E-state index < -0.39 is 17.1 Å². The Labute approximate surface area is 214 Å². The molecule has 4 aromatic rings. The van der Waals surface area contributed by atoms with E-state index in [9.17, 15) is 29.2 Å². The second-order valence-corrected chi connectivity index (χ2v) is 8.31. The van der Waals surface area contributed by atoms with Crippen LogP contribution in [0.3, 0.4) is 0 Å². The summed E-state index contributed by atoms with van der Waals surface area (Å²) in [4.78, 5) is 70.2. The van der Waals surface area contributed by atoms with Crippen LogP contribution < -0.4 is 17.1 Å². The van der Waals surface area contributed by atoms with Crippen molar-refractivity contribution >= 4 is 23.5 Å². The molecule has 3 aromatic carbocycles. The third-order valence-electron chi connectivity index (χ3n) is 5.98. The van der Waals surface area contributed by atoms with Gasteiger partial charge in [0.25, 0.3) is 0 Å². The lowest BCUT2D eigenvalue weighted by atomic mass is 10.1. The molecule has 0 bridgehead atoms. The van der Waals surface area contributed by atoms with Gasteiger partial charge >= 0.3 is 17.1 Å².